The average molecular weight is 326 g/mol. The molecule has 0 aromatic heterocycles. The van der Waals surface area contributed by atoms with Crippen LogP contribution in [0.2, 0.25) is 0 Å². The molecule has 0 aliphatic heterocycles. The summed E-state index contributed by atoms with van der Waals surface area (Å²) in [5.74, 6) is -1.06. The van der Waals surface area contributed by atoms with Crippen LogP contribution in [0.4, 0.5) is 0 Å². The number of carboxylic acids is 1. The maximum Gasteiger partial charge on any atom is 0.334 e. The molecule has 2 N–H and O–H groups in total. The quantitative estimate of drug-likeness (QED) is 0.603. The first-order valence-corrected chi connectivity index (χ1v) is 6.21. The van der Waals surface area contributed by atoms with Crippen LogP contribution in [0.25, 0.3) is 0 Å². The number of carboxylic acid groups (broad SMARTS) is 1. The zero-order valence-corrected chi connectivity index (χ0v) is 11.8. The summed E-state index contributed by atoms with van der Waals surface area (Å²) in [4.78, 5) is 11.0. The van der Waals surface area contributed by atoms with Crippen LogP contribution in [-0.4, -0.2) is 21.8 Å². The van der Waals surface area contributed by atoms with Gasteiger partial charge in [0.1, 0.15) is 0 Å². The van der Waals surface area contributed by atoms with Gasteiger partial charge in [0.2, 0.25) is 0 Å². The molecule has 0 aliphatic carbocycles. The van der Waals surface area contributed by atoms with Crippen molar-refractivity contribution >= 4 is 28.6 Å². The molecule has 0 spiro atoms. The first-order chi connectivity index (χ1) is 6.70. The third-order valence-electron chi connectivity index (χ3n) is 3.06. The lowest BCUT2D eigenvalue weighted by Gasteiger charge is -2.40. The van der Waals surface area contributed by atoms with Crippen LogP contribution in [0.1, 0.15) is 40.5 Å². The molecule has 0 amide bonds. The zero-order chi connectivity index (χ0) is 12.3. The molecular formula is C11H19IO3. The summed E-state index contributed by atoms with van der Waals surface area (Å²) < 4.78 is 1.44. The van der Waals surface area contributed by atoms with Crippen LogP contribution in [0, 0.1) is 5.41 Å². The summed E-state index contributed by atoms with van der Waals surface area (Å²) in [5.41, 5.74) is -1.70. The van der Waals surface area contributed by atoms with E-state index < -0.39 is 17.0 Å². The van der Waals surface area contributed by atoms with E-state index in [0.717, 1.165) is 12.8 Å². The van der Waals surface area contributed by atoms with Crippen molar-refractivity contribution < 1.29 is 15.0 Å². The lowest BCUT2D eigenvalue weighted by molar-refractivity contribution is -0.137. The monoisotopic (exact) mass is 326 g/mol. The lowest BCUT2D eigenvalue weighted by atomic mass is 9.69. The van der Waals surface area contributed by atoms with Gasteiger partial charge in [-0.05, 0) is 22.8 Å². The number of halogens is 1. The number of aliphatic hydroxyl groups is 1. The molecule has 0 aromatic rings. The highest BCUT2D eigenvalue weighted by molar-refractivity contribution is 14.1. The molecule has 4 heteroatoms. The van der Waals surface area contributed by atoms with Crippen molar-refractivity contribution in [2.24, 2.45) is 5.41 Å². The second-order valence-electron chi connectivity index (χ2n) is 4.53. The topological polar surface area (TPSA) is 57.5 Å². The van der Waals surface area contributed by atoms with Crippen LogP contribution in [0.3, 0.4) is 0 Å². The lowest BCUT2D eigenvalue weighted by Crippen LogP contribution is -2.45. The molecule has 0 aliphatic rings. The average Bonchev–Trinajstić information content (AvgIpc) is 2.03. The standard InChI is InChI=1S/C11H19IO3/c1-5-6-10(2,3)11(4,15)8(7-12)9(13)14/h7,15H,5-6H2,1-4H3,(H,13,14)/b8-7-. The Hall–Kier alpha value is -0.100. The molecule has 0 heterocycles. The summed E-state index contributed by atoms with van der Waals surface area (Å²) in [6, 6.07) is 0. The van der Waals surface area contributed by atoms with Gasteiger partial charge in [-0.25, -0.2) is 4.79 Å². The normalized spacial score (nSPS) is 17.3. The van der Waals surface area contributed by atoms with Gasteiger partial charge in [-0.15, -0.1) is 0 Å². The van der Waals surface area contributed by atoms with Gasteiger partial charge >= 0.3 is 5.97 Å². The Kier molecular flexibility index (Phi) is 5.26. The predicted octanol–water partition coefficient (Wildman–Crippen LogP) is 2.97. The van der Waals surface area contributed by atoms with Crippen LogP contribution in [0.5, 0.6) is 0 Å². The van der Waals surface area contributed by atoms with Gasteiger partial charge in [0.05, 0.1) is 11.2 Å². The Morgan fingerprint density at radius 3 is 2.13 bits per heavy atom. The van der Waals surface area contributed by atoms with Gasteiger partial charge in [0.15, 0.2) is 0 Å². The van der Waals surface area contributed by atoms with Crippen molar-refractivity contribution in [3.8, 4) is 0 Å². The van der Waals surface area contributed by atoms with Crippen LogP contribution < -0.4 is 0 Å². The fraction of sp³-hybridized carbons (Fsp3) is 0.727. The molecule has 0 saturated carbocycles. The first kappa shape index (κ1) is 14.9. The van der Waals surface area contributed by atoms with Crippen molar-refractivity contribution in [1.82, 2.24) is 0 Å². The third kappa shape index (κ3) is 3.17. The molecule has 1 atom stereocenters. The van der Waals surface area contributed by atoms with E-state index >= 15 is 0 Å². The van der Waals surface area contributed by atoms with Gasteiger partial charge < -0.3 is 10.2 Å². The van der Waals surface area contributed by atoms with Gasteiger partial charge in [-0.3, -0.25) is 0 Å². The van der Waals surface area contributed by atoms with Gasteiger partial charge in [0.25, 0.3) is 0 Å². The van der Waals surface area contributed by atoms with Crippen LogP contribution in [-0.2, 0) is 4.79 Å². The van der Waals surface area contributed by atoms with E-state index in [0.29, 0.717) is 0 Å². The Labute approximate surface area is 105 Å². The second kappa shape index (κ2) is 5.30. The summed E-state index contributed by atoms with van der Waals surface area (Å²) in [5, 5.41) is 19.4. The van der Waals surface area contributed by atoms with Gasteiger partial charge in [0, 0.05) is 0 Å². The second-order valence-corrected chi connectivity index (χ2v) is 5.16. The summed E-state index contributed by atoms with van der Waals surface area (Å²) >= 11 is 1.86. The fourth-order valence-electron chi connectivity index (χ4n) is 1.59. The smallest absolute Gasteiger partial charge is 0.334 e. The maximum absolute atomic E-state index is 11.0. The van der Waals surface area contributed by atoms with E-state index in [2.05, 4.69) is 0 Å². The van der Waals surface area contributed by atoms with E-state index in [1.807, 2.05) is 43.4 Å². The van der Waals surface area contributed by atoms with E-state index in [4.69, 9.17) is 5.11 Å². The minimum Gasteiger partial charge on any atom is -0.478 e. The number of carbonyl (C=O) groups is 1. The molecule has 0 fully saturated rings. The van der Waals surface area contributed by atoms with Gasteiger partial charge in [-0.2, -0.15) is 0 Å². The van der Waals surface area contributed by atoms with Crippen LogP contribution >= 0.6 is 22.6 Å². The molecule has 3 nitrogen and oxygen atoms in total. The van der Waals surface area contributed by atoms with Crippen molar-refractivity contribution in [2.75, 3.05) is 0 Å². The van der Waals surface area contributed by atoms with Crippen molar-refractivity contribution in [2.45, 2.75) is 46.1 Å². The number of hydrogen-bond acceptors (Lipinski definition) is 2. The molecule has 1 unspecified atom stereocenters. The molecule has 0 radical (unpaired) electrons. The molecule has 88 valence electrons. The summed E-state index contributed by atoms with van der Waals surface area (Å²) in [6.07, 6.45) is 1.69. The van der Waals surface area contributed by atoms with Gasteiger partial charge in [-0.1, -0.05) is 49.8 Å². The molecular weight excluding hydrogens is 307 g/mol. The summed E-state index contributed by atoms with van der Waals surface area (Å²) in [7, 11) is 0. The summed E-state index contributed by atoms with van der Waals surface area (Å²) in [6.45, 7) is 7.37. The largest absolute Gasteiger partial charge is 0.478 e. The van der Waals surface area contributed by atoms with E-state index in [1.165, 1.54) is 4.08 Å². The minimum absolute atomic E-state index is 0.0570. The van der Waals surface area contributed by atoms with E-state index in [9.17, 15) is 9.90 Å². The number of hydrogen-bond donors (Lipinski definition) is 2. The number of rotatable bonds is 5. The van der Waals surface area contributed by atoms with E-state index in [-0.39, 0.29) is 5.57 Å². The van der Waals surface area contributed by atoms with Crippen molar-refractivity contribution in [1.29, 1.82) is 0 Å². The van der Waals surface area contributed by atoms with Crippen molar-refractivity contribution in [3.63, 3.8) is 0 Å². The highest BCUT2D eigenvalue weighted by Crippen LogP contribution is 2.40. The molecule has 0 rings (SSSR count). The zero-order valence-electron chi connectivity index (χ0n) is 9.67. The third-order valence-corrected chi connectivity index (χ3v) is 3.68. The van der Waals surface area contributed by atoms with Crippen LogP contribution in [0.15, 0.2) is 9.66 Å². The minimum atomic E-state index is -1.31. The molecule has 0 aromatic carbocycles. The predicted molar refractivity (Wildman–Crippen MR) is 69.1 cm³/mol. The first-order valence-electron chi connectivity index (χ1n) is 4.97. The Balaban J connectivity index is 5.19. The van der Waals surface area contributed by atoms with E-state index in [1.54, 1.807) is 6.92 Å². The highest BCUT2D eigenvalue weighted by Gasteiger charge is 2.44. The molecule has 15 heavy (non-hydrogen) atoms. The molecule has 0 bridgehead atoms. The van der Waals surface area contributed by atoms with Crippen molar-refractivity contribution in [3.05, 3.63) is 9.66 Å². The Bertz CT molecular complexity index is 267. The SMILES string of the molecule is CCCC(C)(C)C(C)(O)/C(=C\I)C(=O)O. The number of aliphatic carboxylic acids is 1. The molecule has 0 saturated heterocycles. The fourth-order valence-corrected chi connectivity index (χ4v) is 2.47. The highest BCUT2D eigenvalue weighted by atomic mass is 127. The Morgan fingerprint density at radius 1 is 1.40 bits per heavy atom. The maximum atomic E-state index is 11.0. The Morgan fingerprint density at radius 2 is 1.87 bits per heavy atom.